The molecule has 0 radical (unpaired) electrons. The molecule has 9 heteroatoms. The quantitative estimate of drug-likeness (QED) is 0.526. The number of aryl methyl sites for hydroxylation is 1. The van der Waals surface area contributed by atoms with Gasteiger partial charge in [-0.2, -0.15) is 5.26 Å². The van der Waals surface area contributed by atoms with Crippen molar-refractivity contribution in [2.24, 2.45) is 5.92 Å². The topological polar surface area (TPSA) is 104 Å². The van der Waals surface area contributed by atoms with Crippen LogP contribution in [0.3, 0.4) is 0 Å². The van der Waals surface area contributed by atoms with Crippen LogP contribution in [-0.4, -0.2) is 50.3 Å². The summed E-state index contributed by atoms with van der Waals surface area (Å²) < 4.78 is 2.02. The van der Waals surface area contributed by atoms with Crippen molar-refractivity contribution in [2.75, 3.05) is 24.2 Å². The maximum absolute atomic E-state index is 12.8. The van der Waals surface area contributed by atoms with E-state index in [1.807, 2.05) is 34.6 Å². The third-order valence-electron chi connectivity index (χ3n) is 5.91. The number of hydrogen-bond donors (Lipinski definition) is 1. The van der Waals surface area contributed by atoms with Crippen molar-refractivity contribution in [3.05, 3.63) is 71.5 Å². The zero-order chi connectivity index (χ0) is 23.9. The summed E-state index contributed by atoms with van der Waals surface area (Å²) in [5, 5.41) is 21.0. The van der Waals surface area contributed by atoms with Crippen molar-refractivity contribution in [3.8, 4) is 6.07 Å². The summed E-state index contributed by atoms with van der Waals surface area (Å²) in [5.74, 6) is 0.963. The first-order valence-electron chi connectivity index (χ1n) is 11.2. The van der Waals surface area contributed by atoms with Crippen molar-refractivity contribution >= 4 is 29.3 Å². The molecule has 0 spiro atoms. The van der Waals surface area contributed by atoms with Gasteiger partial charge < -0.3 is 14.8 Å². The van der Waals surface area contributed by atoms with E-state index in [1.54, 1.807) is 24.3 Å². The fraction of sp³-hybridized carbons (Fsp3) is 0.320. The van der Waals surface area contributed by atoms with Crippen molar-refractivity contribution < 1.29 is 9.59 Å². The molecule has 2 amide bonds. The lowest BCUT2D eigenvalue weighted by atomic mass is 9.96. The third-order valence-corrected chi connectivity index (χ3v) is 6.86. The molecule has 4 rings (SSSR count). The minimum atomic E-state index is -0.135. The normalized spacial score (nSPS) is 13.9. The molecule has 1 saturated heterocycles. The number of nitrogens with one attached hydrogen (secondary N) is 1. The van der Waals surface area contributed by atoms with Gasteiger partial charge in [0, 0.05) is 24.7 Å². The molecule has 0 aliphatic carbocycles. The Morgan fingerprint density at radius 3 is 2.47 bits per heavy atom. The van der Waals surface area contributed by atoms with Gasteiger partial charge in [-0.25, -0.2) is 0 Å². The van der Waals surface area contributed by atoms with Crippen molar-refractivity contribution in [3.63, 3.8) is 0 Å². The Bertz CT molecular complexity index is 1180. The molecule has 0 saturated carbocycles. The van der Waals surface area contributed by atoms with Gasteiger partial charge in [-0.15, -0.1) is 10.2 Å². The molecule has 34 heavy (non-hydrogen) atoms. The van der Waals surface area contributed by atoms with Crippen molar-refractivity contribution in [1.29, 1.82) is 5.26 Å². The van der Waals surface area contributed by atoms with Gasteiger partial charge in [0.25, 0.3) is 0 Å². The summed E-state index contributed by atoms with van der Waals surface area (Å²) >= 11 is 1.40. The van der Waals surface area contributed by atoms with Crippen LogP contribution in [0.1, 0.15) is 29.8 Å². The summed E-state index contributed by atoms with van der Waals surface area (Å²) in [7, 11) is 0. The molecule has 1 fully saturated rings. The molecular formula is C25H26N6O2S. The van der Waals surface area contributed by atoms with E-state index in [-0.39, 0.29) is 23.5 Å². The van der Waals surface area contributed by atoms with Gasteiger partial charge in [-0.05, 0) is 49.6 Å². The molecule has 1 aliphatic heterocycles. The highest BCUT2D eigenvalue weighted by Gasteiger charge is 2.27. The van der Waals surface area contributed by atoms with E-state index < -0.39 is 0 Å². The highest BCUT2D eigenvalue weighted by molar-refractivity contribution is 7.99. The minimum Gasteiger partial charge on any atom is -0.342 e. The van der Waals surface area contributed by atoms with Crippen LogP contribution in [-0.2, 0) is 16.1 Å². The lowest BCUT2D eigenvalue weighted by Gasteiger charge is -2.31. The fourth-order valence-electron chi connectivity index (χ4n) is 3.90. The second-order valence-electron chi connectivity index (χ2n) is 8.22. The SMILES string of the molecule is Cc1nnc(SCC(=O)N2CCC(C(=O)Nc3ccc(C#N)cc3)CC2)n1Cc1ccccc1. The summed E-state index contributed by atoms with van der Waals surface area (Å²) in [6, 6.07) is 19.0. The number of anilines is 1. The van der Waals surface area contributed by atoms with Gasteiger partial charge in [0.1, 0.15) is 5.82 Å². The number of nitriles is 1. The van der Waals surface area contributed by atoms with Crippen molar-refractivity contribution in [1.82, 2.24) is 19.7 Å². The number of likely N-dealkylation sites (tertiary alicyclic amines) is 1. The lowest BCUT2D eigenvalue weighted by molar-refractivity contribution is -0.132. The van der Waals surface area contributed by atoms with E-state index in [9.17, 15) is 9.59 Å². The maximum Gasteiger partial charge on any atom is 0.233 e. The molecular weight excluding hydrogens is 448 g/mol. The monoisotopic (exact) mass is 474 g/mol. The number of benzene rings is 2. The maximum atomic E-state index is 12.8. The third kappa shape index (κ3) is 5.83. The van der Waals surface area contributed by atoms with E-state index in [0.29, 0.717) is 43.7 Å². The predicted octanol–water partition coefficient (Wildman–Crippen LogP) is 3.48. The first-order valence-corrected chi connectivity index (χ1v) is 12.2. The number of hydrogen-bond acceptors (Lipinski definition) is 6. The smallest absolute Gasteiger partial charge is 0.233 e. The molecule has 1 N–H and O–H groups in total. The van der Waals surface area contributed by atoms with E-state index >= 15 is 0 Å². The standard InChI is InChI=1S/C25H26N6O2S/c1-18-28-29-25(31(18)16-20-5-3-2-4-6-20)34-17-23(32)30-13-11-21(12-14-30)24(33)27-22-9-7-19(15-26)8-10-22/h2-10,21H,11-14,16-17H2,1H3,(H,27,33). The Labute approximate surface area is 203 Å². The number of carbonyl (C=O) groups is 2. The van der Waals surface area contributed by atoms with Crippen LogP contribution in [0, 0.1) is 24.2 Å². The first-order chi connectivity index (χ1) is 16.5. The number of nitrogens with zero attached hydrogens (tertiary/aromatic N) is 5. The molecule has 0 atom stereocenters. The van der Waals surface area contributed by atoms with Crippen LogP contribution in [0.15, 0.2) is 59.8 Å². The summed E-state index contributed by atoms with van der Waals surface area (Å²) in [4.78, 5) is 27.2. The molecule has 0 bridgehead atoms. The number of piperidine rings is 1. The Balaban J connectivity index is 1.26. The Morgan fingerprint density at radius 1 is 1.09 bits per heavy atom. The number of carbonyl (C=O) groups excluding carboxylic acids is 2. The van der Waals surface area contributed by atoms with Crippen LogP contribution in [0.25, 0.3) is 0 Å². The van der Waals surface area contributed by atoms with Crippen LogP contribution in [0.5, 0.6) is 0 Å². The minimum absolute atomic E-state index is 0.0443. The highest BCUT2D eigenvalue weighted by atomic mass is 32.2. The van der Waals surface area contributed by atoms with Gasteiger partial charge in [0.2, 0.25) is 11.8 Å². The van der Waals surface area contributed by atoms with Gasteiger partial charge in [-0.1, -0.05) is 42.1 Å². The van der Waals surface area contributed by atoms with Crippen LogP contribution in [0.2, 0.25) is 0 Å². The highest BCUT2D eigenvalue weighted by Crippen LogP contribution is 2.23. The molecule has 174 valence electrons. The second-order valence-corrected chi connectivity index (χ2v) is 9.17. The van der Waals surface area contributed by atoms with Gasteiger partial charge in [-0.3, -0.25) is 9.59 Å². The van der Waals surface area contributed by atoms with Crippen LogP contribution in [0.4, 0.5) is 5.69 Å². The predicted molar refractivity (Wildman–Crippen MR) is 130 cm³/mol. The average Bonchev–Trinajstić information content (AvgIpc) is 3.22. The van der Waals surface area contributed by atoms with Crippen LogP contribution >= 0.6 is 11.8 Å². The zero-order valence-corrected chi connectivity index (χ0v) is 19.8. The van der Waals surface area contributed by atoms with E-state index in [0.717, 1.165) is 16.5 Å². The Hall–Kier alpha value is -3.64. The zero-order valence-electron chi connectivity index (χ0n) is 19.0. The molecule has 2 heterocycles. The number of amides is 2. The summed E-state index contributed by atoms with van der Waals surface area (Å²) in [6.07, 6.45) is 1.25. The molecule has 3 aromatic rings. The summed E-state index contributed by atoms with van der Waals surface area (Å²) in [5.41, 5.74) is 2.38. The average molecular weight is 475 g/mol. The second kappa shape index (κ2) is 11.0. The fourth-order valence-corrected chi connectivity index (χ4v) is 4.78. The molecule has 1 aromatic heterocycles. The first kappa shape index (κ1) is 23.5. The molecule has 8 nitrogen and oxygen atoms in total. The number of aromatic nitrogens is 3. The van der Waals surface area contributed by atoms with Gasteiger partial charge in [0.15, 0.2) is 5.16 Å². The van der Waals surface area contributed by atoms with E-state index in [1.165, 1.54) is 11.8 Å². The molecule has 2 aromatic carbocycles. The summed E-state index contributed by atoms with van der Waals surface area (Å²) in [6.45, 7) is 3.69. The lowest BCUT2D eigenvalue weighted by Crippen LogP contribution is -2.42. The Morgan fingerprint density at radius 2 is 1.79 bits per heavy atom. The van der Waals surface area contributed by atoms with Gasteiger partial charge in [0.05, 0.1) is 23.9 Å². The van der Waals surface area contributed by atoms with E-state index in [2.05, 4.69) is 33.7 Å². The van der Waals surface area contributed by atoms with Gasteiger partial charge >= 0.3 is 0 Å². The molecule has 0 unspecified atom stereocenters. The largest absolute Gasteiger partial charge is 0.342 e. The molecule has 1 aliphatic rings. The van der Waals surface area contributed by atoms with Crippen molar-refractivity contribution in [2.45, 2.75) is 31.5 Å². The van der Waals surface area contributed by atoms with Crippen LogP contribution < -0.4 is 5.32 Å². The number of rotatable bonds is 7. The Kier molecular flexibility index (Phi) is 7.60. The van der Waals surface area contributed by atoms with E-state index in [4.69, 9.17) is 5.26 Å². The number of thioether (sulfide) groups is 1.